The summed E-state index contributed by atoms with van der Waals surface area (Å²) in [6.07, 6.45) is 6.06. The molecule has 0 aromatic carbocycles. The minimum atomic E-state index is -0.450. The van der Waals surface area contributed by atoms with Crippen molar-refractivity contribution in [1.82, 2.24) is 19.9 Å². The molecule has 2 aliphatic rings. The second-order valence-corrected chi connectivity index (χ2v) is 6.78. The van der Waals surface area contributed by atoms with Crippen molar-refractivity contribution in [2.24, 2.45) is 0 Å². The van der Waals surface area contributed by atoms with Crippen LogP contribution in [-0.4, -0.2) is 71.5 Å². The maximum absolute atomic E-state index is 13.1. The van der Waals surface area contributed by atoms with Crippen molar-refractivity contribution in [2.75, 3.05) is 50.9 Å². The highest BCUT2D eigenvalue weighted by Gasteiger charge is 2.41. The first-order valence-electron chi connectivity index (χ1n) is 8.78. The number of aromatic nitrogens is 3. The van der Waals surface area contributed by atoms with E-state index in [1.807, 2.05) is 17.2 Å². The van der Waals surface area contributed by atoms with Crippen LogP contribution in [-0.2, 0) is 16.0 Å². The molecule has 2 fully saturated rings. The summed E-state index contributed by atoms with van der Waals surface area (Å²) < 4.78 is 25.1. The Balaban J connectivity index is 1.49. The van der Waals surface area contributed by atoms with Gasteiger partial charge < -0.3 is 14.4 Å². The fourth-order valence-corrected chi connectivity index (χ4v) is 3.54. The van der Waals surface area contributed by atoms with Gasteiger partial charge in [-0.25, -0.2) is 14.4 Å². The van der Waals surface area contributed by atoms with Crippen LogP contribution in [0.1, 0.15) is 5.56 Å². The first-order valence-corrected chi connectivity index (χ1v) is 8.78. The first kappa shape index (κ1) is 17.3. The molecule has 0 saturated carbocycles. The topological polar surface area (TPSA) is 63.6 Å². The monoisotopic (exact) mass is 359 g/mol. The van der Waals surface area contributed by atoms with Gasteiger partial charge in [0.1, 0.15) is 5.60 Å². The van der Waals surface area contributed by atoms with Crippen LogP contribution >= 0.6 is 0 Å². The van der Waals surface area contributed by atoms with Gasteiger partial charge in [0.2, 0.25) is 5.95 Å². The molecular formula is C18H22FN5O2. The van der Waals surface area contributed by atoms with Crippen LogP contribution in [0.15, 0.2) is 36.9 Å². The number of pyridine rings is 1. The Bertz CT molecular complexity index is 717. The molecule has 8 heteroatoms. The second kappa shape index (κ2) is 7.61. The highest BCUT2D eigenvalue weighted by Crippen LogP contribution is 2.25. The van der Waals surface area contributed by atoms with Crippen LogP contribution in [0.2, 0.25) is 0 Å². The maximum Gasteiger partial charge on any atom is 0.225 e. The van der Waals surface area contributed by atoms with E-state index in [-0.39, 0.29) is 0 Å². The molecule has 7 nitrogen and oxygen atoms in total. The van der Waals surface area contributed by atoms with Gasteiger partial charge in [-0.05, 0) is 11.6 Å². The summed E-state index contributed by atoms with van der Waals surface area (Å²) in [5.41, 5.74) is 0.716. The molecule has 0 amide bonds. The van der Waals surface area contributed by atoms with E-state index in [0.29, 0.717) is 38.9 Å². The van der Waals surface area contributed by atoms with Crippen molar-refractivity contribution in [3.63, 3.8) is 0 Å². The molecule has 0 N–H and O–H groups in total. The van der Waals surface area contributed by atoms with E-state index in [2.05, 4.69) is 25.9 Å². The van der Waals surface area contributed by atoms with Crippen molar-refractivity contribution >= 4 is 5.95 Å². The lowest BCUT2D eigenvalue weighted by atomic mass is 10.0. The Morgan fingerprint density at radius 2 is 2.00 bits per heavy atom. The standard InChI is InChI=1S/C18H22FN5O2/c19-16-9-21-17(22-10-16)24-5-7-26-18(13-24)12-23(4-6-25-14-18)11-15-2-1-3-20-8-15/h1-3,8-10H,4-7,11-14H2/t18-/m1/s1. The molecule has 138 valence electrons. The van der Waals surface area contributed by atoms with Gasteiger partial charge in [-0.3, -0.25) is 9.88 Å². The predicted octanol–water partition coefficient (Wildman–Crippen LogP) is 1.12. The average Bonchev–Trinajstić information content (AvgIpc) is 2.85. The molecule has 1 spiro atoms. The minimum absolute atomic E-state index is 0.433. The highest BCUT2D eigenvalue weighted by molar-refractivity contribution is 5.31. The lowest BCUT2D eigenvalue weighted by Crippen LogP contribution is -2.59. The van der Waals surface area contributed by atoms with E-state index in [0.717, 1.165) is 19.6 Å². The third kappa shape index (κ3) is 3.98. The molecule has 2 aromatic heterocycles. The number of ether oxygens (including phenoxy) is 2. The molecule has 26 heavy (non-hydrogen) atoms. The van der Waals surface area contributed by atoms with Crippen LogP contribution in [0, 0.1) is 5.82 Å². The molecule has 2 aliphatic heterocycles. The average molecular weight is 359 g/mol. The number of hydrogen-bond acceptors (Lipinski definition) is 7. The SMILES string of the molecule is Fc1cnc(N2CCO[C@@]3(COCCN(Cc4cccnc4)C3)C2)nc1. The second-order valence-electron chi connectivity index (χ2n) is 6.78. The molecule has 2 aromatic rings. The zero-order valence-corrected chi connectivity index (χ0v) is 14.6. The molecule has 1 atom stereocenters. The van der Waals surface area contributed by atoms with Crippen LogP contribution in [0.5, 0.6) is 0 Å². The fraction of sp³-hybridized carbons (Fsp3) is 0.500. The number of hydrogen-bond donors (Lipinski definition) is 0. The van der Waals surface area contributed by atoms with E-state index in [9.17, 15) is 4.39 Å². The summed E-state index contributed by atoms with van der Waals surface area (Å²) >= 11 is 0. The summed E-state index contributed by atoms with van der Waals surface area (Å²) in [5.74, 6) is 0.0919. The molecule has 0 bridgehead atoms. The lowest BCUT2D eigenvalue weighted by molar-refractivity contribution is -0.100. The third-order valence-electron chi connectivity index (χ3n) is 4.70. The quantitative estimate of drug-likeness (QED) is 0.814. The summed E-state index contributed by atoms with van der Waals surface area (Å²) in [5, 5.41) is 0. The highest BCUT2D eigenvalue weighted by atomic mass is 19.1. The predicted molar refractivity (Wildman–Crippen MR) is 93.2 cm³/mol. The summed E-state index contributed by atoms with van der Waals surface area (Å²) in [6, 6.07) is 4.02. The fourth-order valence-electron chi connectivity index (χ4n) is 3.54. The van der Waals surface area contributed by atoms with E-state index in [1.165, 1.54) is 18.0 Å². The maximum atomic E-state index is 13.1. The van der Waals surface area contributed by atoms with Crippen molar-refractivity contribution in [3.05, 3.63) is 48.3 Å². The van der Waals surface area contributed by atoms with E-state index >= 15 is 0 Å². The zero-order valence-electron chi connectivity index (χ0n) is 14.6. The molecule has 0 unspecified atom stereocenters. The van der Waals surface area contributed by atoms with Gasteiger partial charge in [0.05, 0.1) is 38.8 Å². The Kier molecular flexibility index (Phi) is 5.05. The zero-order chi connectivity index (χ0) is 17.8. The number of morpholine rings is 1. The van der Waals surface area contributed by atoms with Gasteiger partial charge in [-0.1, -0.05) is 6.07 Å². The minimum Gasteiger partial charge on any atom is -0.377 e. The summed E-state index contributed by atoms with van der Waals surface area (Å²) in [7, 11) is 0. The van der Waals surface area contributed by atoms with E-state index in [1.54, 1.807) is 6.20 Å². The molecule has 4 heterocycles. The van der Waals surface area contributed by atoms with Crippen LogP contribution in [0.3, 0.4) is 0 Å². The van der Waals surface area contributed by atoms with Crippen LogP contribution in [0.4, 0.5) is 10.3 Å². The van der Waals surface area contributed by atoms with E-state index in [4.69, 9.17) is 9.47 Å². The van der Waals surface area contributed by atoms with E-state index < -0.39 is 11.4 Å². The normalized spacial score (nSPS) is 24.6. The van der Waals surface area contributed by atoms with Gasteiger partial charge in [0.25, 0.3) is 0 Å². The van der Waals surface area contributed by atoms with Gasteiger partial charge in [0, 0.05) is 38.6 Å². The summed E-state index contributed by atoms with van der Waals surface area (Å²) in [4.78, 5) is 16.8. The van der Waals surface area contributed by atoms with Crippen molar-refractivity contribution in [3.8, 4) is 0 Å². The number of nitrogens with zero attached hydrogens (tertiary/aromatic N) is 5. The Labute approximate surface area is 151 Å². The van der Waals surface area contributed by atoms with Crippen molar-refractivity contribution in [2.45, 2.75) is 12.1 Å². The number of halogens is 1. The first-order chi connectivity index (χ1) is 12.7. The third-order valence-corrected chi connectivity index (χ3v) is 4.70. The molecular weight excluding hydrogens is 337 g/mol. The Morgan fingerprint density at radius 3 is 2.81 bits per heavy atom. The molecule has 4 rings (SSSR count). The van der Waals surface area contributed by atoms with Gasteiger partial charge in [-0.2, -0.15) is 0 Å². The molecule has 0 radical (unpaired) electrons. The number of anilines is 1. The van der Waals surface area contributed by atoms with Crippen molar-refractivity contribution in [1.29, 1.82) is 0 Å². The Morgan fingerprint density at radius 1 is 1.12 bits per heavy atom. The van der Waals surface area contributed by atoms with Gasteiger partial charge in [-0.15, -0.1) is 0 Å². The summed E-state index contributed by atoms with van der Waals surface area (Å²) in [6.45, 7) is 5.43. The lowest BCUT2D eigenvalue weighted by Gasteiger charge is -2.43. The van der Waals surface area contributed by atoms with Crippen molar-refractivity contribution < 1.29 is 13.9 Å². The number of rotatable bonds is 3. The van der Waals surface area contributed by atoms with Crippen LogP contribution < -0.4 is 4.90 Å². The largest absolute Gasteiger partial charge is 0.377 e. The molecule has 0 aliphatic carbocycles. The van der Waals surface area contributed by atoms with Crippen LogP contribution in [0.25, 0.3) is 0 Å². The Hall–Kier alpha value is -2.16. The van der Waals surface area contributed by atoms with Gasteiger partial charge >= 0.3 is 0 Å². The van der Waals surface area contributed by atoms with Gasteiger partial charge in [0.15, 0.2) is 5.82 Å². The smallest absolute Gasteiger partial charge is 0.225 e. The molecule has 2 saturated heterocycles.